The number of nitrogens with zero attached hydrogens (tertiary/aromatic N) is 1. The van der Waals surface area contributed by atoms with Crippen molar-refractivity contribution in [3.8, 4) is 5.75 Å². The number of ether oxygens (including phenoxy) is 1. The lowest BCUT2D eigenvalue weighted by molar-refractivity contribution is -0.0305. The van der Waals surface area contributed by atoms with Crippen molar-refractivity contribution >= 4 is 17.6 Å². The lowest BCUT2D eigenvalue weighted by Gasteiger charge is -2.33. The molecule has 0 saturated carbocycles. The van der Waals surface area contributed by atoms with E-state index in [1.165, 1.54) is 12.1 Å². The van der Waals surface area contributed by atoms with E-state index in [0.29, 0.717) is 13.2 Å². The fourth-order valence-corrected chi connectivity index (χ4v) is 3.28. The number of halogens is 1. The fourth-order valence-electron chi connectivity index (χ4n) is 3.07. The average Bonchev–Trinajstić information content (AvgIpc) is 2.59. The van der Waals surface area contributed by atoms with E-state index < -0.39 is 5.97 Å². The third-order valence-electron chi connectivity index (χ3n) is 4.33. The second kappa shape index (κ2) is 7.87. The Labute approximate surface area is 151 Å². The number of rotatable bonds is 5. The van der Waals surface area contributed by atoms with Gasteiger partial charge in [0.05, 0.1) is 12.7 Å². The molecule has 0 unspecified atom stereocenters. The van der Waals surface area contributed by atoms with Crippen LogP contribution in [0.1, 0.15) is 21.5 Å². The first-order valence-electron chi connectivity index (χ1n) is 8.15. The van der Waals surface area contributed by atoms with Crippen LogP contribution < -0.4 is 0 Å². The van der Waals surface area contributed by atoms with Crippen LogP contribution in [0.3, 0.4) is 0 Å². The van der Waals surface area contributed by atoms with Crippen molar-refractivity contribution in [2.75, 3.05) is 19.7 Å². The first-order chi connectivity index (χ1) is 12.0. The Morgan fingerprint density at radius 2 is 2.08 bits per heavy atom. The number of morpholine rings is 1. The molecule has 1 aliphatic rings. The van der Waals surface area contributed by atoms with Crippen molar-refractivity contribution in [3.63, 3.8) is 0 Å². The van der Waals surface area contributed by atoms with E-state index >= 15 is 0 Å². The highest BCUT2D eigenvalue weighted by Crippen LogP contribution is 2.22. The lowest BCUT2D eigenvalue weighted by atomic mass is 10.1. The zero-order valence-electron chi connectivity index (χ0n) is 13.7. The summed E-state index contributed by atoms with van der Waals surface area (Å²) in [6.07, 6.45) is 0.788. The summed E-state index contributed by atoms with van der Waals surface area (Å²) in [4.78, 5) is 13.4. The van der Waals surface area contributed by atoms with Crippen LogP contribution in [0.2, 0.25) is 5.02 Å². The minimum absolute atomic E-state index is 0.0460. The van der Waals surface area contributed by atoms with Crippen molar-refractivity contribution in [3.05, 3.63) is 64.2 Å². The van der Waals surface area contributed by atoms with Gasteiger partial charge in [-0.05, 0) is 29.3 Å². The number of aromatic hydroxyl groups is 1. The molecule has 6 heteroatoms. The predicted octanol–water partition coefficient (Wildman–Crippen LogP) is 3.19. The number of carboxylic acid groups (broad SMARTS) is 1. The molecule has 1 heterocycles. The molecule has 0 spiro atoms. The minimum atomic E-state index is -1.13. The van der Waals surface area contributed by atoms with Gasteiger partial charge in [-0.3, -0.25) is 4.90 Å². The standard InChI is InChI=1S/C19H20ClNO4/c20-17-4-2-1-3-14(17)10-15-12-21(7-8-25-15)11-13-5-6-18(22)16(9-13)19(23)24/h1-6,9,15,22H,7-8,10-12H2,(H,23,24)/t15-/m0/s1. The molecule has 1 fully saturated rings. The molecule has 3 rings (SSSR count). The van der Waals surface area contributed by atoms with Gasteiger partial charge < -0.3 is 14.9 Å². The monoisotopic (exact) mass is 361 g/mol. The van der Waals surface area contributed by atoms with Gasteiger partial charge in [-0.15, -0.1) is 0 Å². The van der Waals surface area contributed by atoms with Gasteiger partial charge in [-0.25, -0.2) is 4.79 Å². The van der Waals surface area contributed by atoms with E-state index in [1.807, 2.05) is 24.3 Å². The number of hydrogen-bond acceptors (Lipinski definition) is 4. The van der Waals surface area contributed by atoms with Crippen LogP contribution in [0, 0.1) is 0 Å². The van der Waals surface area contributed by atoms with Crippen LogP contribution in [0.5, 0.6) is 5.75 Å². The van der Waals surface area contributed by atoms with Gasteiger partial charge in [0.1, 0.15) is 11.3 Å². The molecule has 2 aromatic rings. The fraction of sp³-hybridized carbons (Fsp3) is 0.316. The Bertz CT molecular complexity index is 765. The molecule has 0 aromatic heterocycles. The Morgan fingerprint density at radius 3 is 2.84 bits per heavy atom. The van der Waals surface area contributed by atoms with Gasteiger partial charge in [-0.2, -0.15) is 0 Å². The number of carbonyl (C=O) groups is 1. The Kier molecular flexibility index (Phi) is 5.58. The van der Waals surface area contributed by atoms with E-state index in [1.54, 1.807) is 6.07 Å². The van der Waals surface area contributed by atoms with Crippen molar-refractivity contribution < 1.29 is 19.7 Å². The second-order valence-electron chi connectivity index (χ2n) is 6.18. The number of benzene rings is 2. The molecule has 2 N–H and O–H groups in total. The summed E-state index contributed by atoms with van der Waals surface area (Å²) in [6.45, 7) is 2.76. The van der Waals surface area contributed by atoms with Gasteiger partial charge in [0.2, 0.25) is 0 Å². The summed E-state index contributed by atoms with van der Waals surface area (Å²) in [6, 6.07) is 12.5. The van der Waals surface area contributed by atoms with E-state index in [0.717, 1.165) is 35.7 Å². The highest BCUT2D eigenvalue weighted by molar-refractivity contribution is 6.31. The van der Waals surface area contributed by atoms with Crippen molar-refractivity contribution in [2.24, 2.45) is 0 Å². The molecular weight excluding hydrogens is 342 g/mol. The summed E-state index contributed by atoms with van der Waals surface area (Å²) >= 11 is 6.22. The first kappa shape index (κ1) is 17.7. The number of aromatic carboxylic acids is 1. The Hall–Kier alpha value is -2.08. The van der Waals surface area contributed by atoms with E-state index in [9.17, 15) is 9.90 Å². The summed E-state index contributed by atoms with van der Waals surface area (Å²) in [5, 5.41) is 19.5. The molecule has 0 radical (unpaired) electrons. The summed E-state index contributed by atoms with van der Waals surface area (Å²) in [5.41, 5.74) is 1.85. The second-order valence-corrected chi connectivity index (χ2v) is 6.59. The van der Waals surface area contributed by atoms with E-state index in [4.69, 9.17) is 21.4 Å². The third kappa shape index (κ3) is 4.51. The molecule has 2 aromatic carbocycles. The zero-order chi connectivity index (χ0) is 17.8. The highest BCUT2D eigenvalue weighted by Gasteiger charge is 2.22. The average molecular weight is 362 g/mol. The largest absolute Gasteiger partial charge is 0.507 e. The maximum absolute atomic E-state index is 11.1. The quantitative estimate of drug-likeness (QED) is 0.855. The molecule has 1 saturated heterocycles. The number of carboxylic acids is 1. The highest BCUT2D eigenvalue weighted by atomic mass is 35.5. The SMILES string of the molecule is O=C(O)c1cc(CN2CCO[C@@H](Cc3ccccc3Cl)C2)ccc1O. The van der Waals surface area contributed by atoms with Crippen LogP contribution in [-0.2, 0) is 17.7 Å². The van der Waals surface area contributed by atoms with Crippen LogP contribution in [0.25, 0.3) is 0 Å². The lowest BCUT2D eigenvalue weighted by Crippen LogP contribution is -2.42. The molecule has 132 valence electrons. The molecule has 1 aliphatic heterocycles. The predicted molar refractivity (Wildman–Crippen MR) is 95.2 cm³/mol. The van der Waals surface area contributed by atoms with E-state index in [2.05, 4.69) is 4.90 Å². The van der Waals surface area contributed by atoms with Crippen molar-refractivity contribution in [1.82, 2.24) is 4.90 Å². The van der Waals surface area contributed by atoms with Crippen molar-refractivity contribution in [2.45, 2.75) is 19.1 Å². The number of hydrogen-bond donors (Lipinski definition) is 2. The molecule has 0 amide bonds. The Morgan fingerprint density at radius 1 is 1.28 bits per heavy atom. The summed E-state index contributed by atoms with van der Waals surface area (Å²) < 4.78 is 5.85. The van der Waals surface area contributed by atoms with Crippen LogP contribution in [0.4, 0.5) is 0 Å². The summed E-state index contributed by atoms with van der Waals surface area (Å²) in [5.74, 6) is -1.34. The molecular formula is C19H20ClNO4. The smallest absolute Gasteiger partial charge is 0.339 e. The van der Waals surface area contributed by atoms with Gasteiger partial charge >= 0.3 is 5.97 Å². The minimum Gasteiger partial charge on any atom is -0.507 e. The van der Waals surface area contributed by atoms with Gasteiger partial charge in [-0.1, -0.05) is 35.9 Å². The van der Waals surface area contributed by atoms with Crippen LogP contribution in [-0.4, -0.2) is 46.9 Å². The Balaban J connectivity index is 1.65. The first-order valence-corrected chi connectivity index (χ1v) is 8.53. The molecule has 25 heavy (non-hydrogen) atoms. The third-order valence-corrected chi connectivity index (χ3v) is 4.69. The van der Waals surface area contributed by atoms with Crippen molar-refractivity contribution in [1.29, 1.82) is 0 Å². The molecule has 5 nitrogen and oxygen atoms in total. The van der Waals surface area contributed by atoms with Gasteiger partial charge in [0.15, 0.2) is 0 Å². The maximum Gasteiger partial charge on any atom is 0.339 e. The zero-order valence-corrected chi connectivity index (χ0v) is 14.4. The molecule has 0 aliphatic carbocycles. The van der Waals surface area contributed by atoms with Crippen LogP contribution >= 0.6 is 11.6 Å². The van der Waals surface area contributed by atoms with Crippen LogP contribution in [0.15, 0.2) is 42.5 Å². The molecule has 1 atom stereocenters. The van der Waals surface area contributed by atoms with Gasteiger partial charge in [0.25, 0.3) is 0 Å². The van der Waals surface area contributed by atoms with Gasteiger partial charge in [0, 0.05) is 31.1 Å². The normalized spacial score (nSPS) is 18.2. The maximum atomic E-state index is 11.1. The summed E-state index contributed by atoms with van der Waals surface area (Å²) in [7, 11) is 0. The topological polar surface area (TPSA) is 70.0 Å². The van der Waals surface area contributed by atoms with E-state index in [-0.39, 0.29) is 17.4 Å². The molecule has 0 bridgehead atoms. The number of phenols is 1.